The van der Waals surface area contributed by atoms with Gasteiger partial charge in [0.25, 0.3) is 5.91 Å². The maximum Gasteiger partial charge on any atom is 0.253 e. The Morgan fingerprint density at radius 3 is 2.21 bits per heavy atom. The highest BCUT2D eigenvalue weighted by Crippen LogP contribution is 2.23. The maximum atomic E-state index is 12.8. The van der Waals surface area contributed by atoms with Crippen LogP contribution in [0.3, 0.4) is 0 Å². The number of carbonyl (C=O) groups is 1. The second-order valence-electron chi connectivity index (χ2n) is 7.18. The van der Waals surface area contributed by atoms with E-state index in [2.05, 4.69) is 4.98 Å². The van der Waals surface area contributed by atoms with Crippen molar-refractivity contribution < 1.29 is 14.3 Å². The average Bonchev–Trinajstić information content (AvgIpc) is 2.77. The second-order valence-corrected chi connectivity index (χ2v) is 7.18. The number of aryl methyl sites for hydroxylation is 1. The summed E-state index contributed by atoms with van der Waals surface area (Å²) in [4.78, 5) is 19.0. The van der Waals surface area contributed by atoms with Crippen LogP contribution >= 0.6 is 0 Å². The Morgan fingerprint density at radius 1 is 0.897 bits per heavy atom. The predicted molar refractivity (Wildman–Crippen MR) is 111 cm³/mol. The molecule has 0 N–H and O–H groups in total. The minimum atomic E-state index is 0.0479. The van der Waals surface area contributed by atoms with Gasteiger partial charge in [-0.3, -0.25) is 9.78 Å². The van der Waals surface area contributed by atoms with Gasteiger partial charge in [0.2, 0.25) is 0 Å². The van der Waals surface area contributed by atoms with Gasteiger partial charge in [-0.15, -0.1) is 0 Å². The molecule has 0 bridgehead atoms. The zero-order chi connectivity index (χ0) is 20.1. The van der Waals surface area contributed by atoms with Gasteiger partial charge in [0.05, 0.1) is 6.20 Å². The zero-order valence-corrected chi connectivity index (χ0v) is 16.5. The molecule has 4 rings (SSSR count). The Labute approximate surface area is 170 Å². The second kappa shape index (κ2) is 8.78. The molecule has 0 atom stereocenters. The van der Waals surface area contributed by atoms with Crippen molar-refractivity contribution in [3.63, 3.8) is 0 Å². The summed E-state index contributed by atoms with van der Waals surface area (Å²) in [5, 5.41) is 0. The van der Waals surface area contributed by atoms with Crippen LogP contribution in [-0.4, -0.2) is 35.0 Å². The molecule has 0 spiro atoms. The first-order valence-electron chi connectivity index (χ1n) is 9.89. The molecule has 1 aliphatic heterocycles. The summed E-state index contributed by atoms with van der Waals surface area (Å²) >= 11 is 0. The minimum Gasteiger partial charge on any atom is -0.489 e. The molecule has 5 nitrogen and oxygen atoms in total. The monoisotopic (exact) mass is 388 g/mol. The van der Waals surface area contributed by atoms with Crippen molar-refractivity contribution in [1.82, 2.24) is 9.88 Å². The summed E-state index contributed by atoms with van der Waals surface area (Å²) in [6.45, 7) is 3.32. The number of amides is 1. The molecular weight excluding hydrogens is 364 g/mol. The third-order valence-electron chi connectivity index (χ3n) is 5.00. The first-order valence-corrected chi connectivity index (χ1v) is 9.89. The number of benzene rings is 2. The number of rotatable bonds is 5. The third kappa shape index (κ3) is 4.93. The lowest BCUT2D eigenvalue weighted by Gasteiger charge is -2.32. The van der Waals surface area contributed by atoms with E-state index in [4.69, 9.17) is 9.47 Å². The zero-order valence-electron chi connectivity index (χ0n) is 16.5. The fourth-order valence-corrected chi connectivity index (χ4v) is 3.37. The van der Waals surface area contributed by atoms with E-state index in [1.54, 1.807) is 6.20 Å². The number of para-hydroxylation sites is 1. The van der Waals surface area contributed by atoms with Gasteiger partial charge in [-0.2, -0.15) is 0 Å². The Hall–Kier alpha value is -3.34. The Bertz CT molecular complexity index is 932. The summed E-state index contributed by atoms with van der Waals surface area (Å²) in [6, 6.07) is 20.8. The van der Waals surface area contributed by atoms with Crippen molar-refractivity contribution >= 4 is 5.91 Å². The highest BCUT2D eigenvalue weighted by molar-refractivity contribution is 5.94. The third-order valence-corrected chi connectivity index (χ3v) is 5.00. The number of carbonyl (C=O) groups excluding carboxylic acids is 1. The fourth-order valence-electron chi connectivity index (χ4n) is 3.37. The molecule has 2 heterocycles. The van der Waals surface area contributed by atoms with Crippen molar-refractivity contribution in [2.45, 2.75) is 25.9 Å². The number of hydrogen-bond acceptors (Lipinski definition) is 4. The molecule has 1 amide bonds. The number of likely N-dealkylation sites (tertiary alicyclic amines) is 1. The van der Waals surface area contributed by atoms with E-state index < -0.39 is 0 Å². The first kappa shape index (κ1) is 19.0. The van der Waals surface area contributed by atoms with Crippen LogP contribution in [0.2, 0.25) is 0 Å². The number of hydrogen-bond donors (Lipinski definition) is 0. The number of piperidine rings is 1. The van der Waals surface area contributed by atoms with Gasteiger partial charge in [0.1, 0.15) is 23.4 Å². The van der Waals surface area contributed by atoms with Gasteiger partial charge in [-0.1, -0.05) is 18.2 Å². The van der Waals surface area contributed by atoms with Crippen LogP contribution < -0.4 is 9.47 Å². The highest BCUT2D eigenvalue weighted by atomic mass is 16.5. The lowest BCUT2D eigenvalue weighted by molar-refractivity contribution is 0.0595. The van der Waals surface area contributed by atoms with Crippen LogP contribution in [-0.2, 0) is 0 Å². The van der Waals surface area contributed by atoms with Crippen LogP contribution in [0.1, 0.15) is 28.9 Å². The van der Waals surface area contributed by atoms with Crippen molar-refractivity contribution in [3.05, 3.63) is 84.2 Å². The number of pyridine rings is 1. The molecule has 5 heteroatoms. The van der Waals surface area contributed by atoms with Gasteiger partial charge in [-0.05, 0) is 55.5 Å². The van der Waals surface area contributed by atoms with Crippen LogP contribution in [0.15, 0.2) is 72.9 Å². The molecular formula is C24H24N2O3. The summed E-state index contributed by atoms with van der Waals surface area (Å²) in [6.07, 6.45) is 3.50. The van der Waals surface area contributed by atoms with Crippen LogP contribution in [0.5, 0.6) is 17.2 Å². The first-order chi connectivity index (χ1) is 14.2. The average molecular weight is 388 g/mol. The van der Waals surface area contributed by atoms with Crippen molar-refractivity contribution in [3.8, 4) is 17.2 Å². The molecule has 0 radical (unpaired) electrons. The quantitative estimate of drug-likeness (QED) is 0.626. The summed E-state index contributed by atoms with van der Waals surface area (Å²) < 4.78 is 11.8. The number of ether oxygens (including phenoxy) is 2. The molecule has 0 unspecified atom stereocenters. The van der Waals surface area contributed by atoms with Gasteiger partial charge >= 0.3 is 0 Å². The van der Waals surface area contributed by atoms with Crippen molar-refractivity contribution in [1.29, 1.82) is 0 Å². The van der Waals surface area contributed by atoms with Gasteiger partial charge in [0, 0.05) is 37.2 Å². The van der Waals surface area contributed by atoms with Gasteiger partial charge in [-0.25, -0.2) is 0 Å². The molecule has 29 heavy (non-hydrogen) atoms. The van der Waals surface area contributed by atoms with Crippen LogP contribution in [0.4, 0.5) is 0 Å². The van der Waals surface area contributed by atoms with E-state index in [1.165, 1.54) is 0 Å². The minimum absolute atomic E-state index is 0.0479. The number of nitrogens with zero attached hydrogens (tertiary/aromatic N) is 2. The normalized spacial score (nSPS) is 14.4. The van der Waals surface area contributed by atoms with E-state index >= 15 is 0 Å². The summed E-state index contributed by atoms with van der Waals surface area (Å²) in [7, 11) is 0. The molecule has 0 aliphatic carbocycles. The smallest absolute Gasteiger partial charge is 0.253 e. The highest BCUT2D eigenvalue weighted by Gasteiger charge is 2.24. The molecule has 1 aromatic heterocycles. The van der Waals surface area contributed by atoms with E-state index in [9.17, 15) is 4.79 Å². The van der Waals surface area contributed by atoms with E-state index in [-0.39, 0.29) is 12.0 Å². The summed E-state index contributed by atoms with van der Waals surface area (Å²) in [5.74, 6) is 2.32. The topological polar surface area (TPSA) is 51.7 Å². The van der Waals surface area contributed by atoms with Crippen molar-refractivity contribution in [2.75, 3.05) is 13.1 Å². The largest absolute Gasteiger partial charge is 0.489 e. The molecule has 3 aromatic rings. The Kier molecular flexibility index (Phi) is 5.75. The lowest BCUT2D eigenvalue weighted by atomic mass is 10.1. The molecule has 1 saturated heterocycles. The fraction of sp³-hybridized carbons (Fsp3) is 0.250. The van der Waals surface area contributed by atoms with Crippen LogP contribution in [0.25, 0.3) is 0 Å². The Morgan fingerprint density at radius 2 is 1.55 bits per heavy atom. The van der Waals surface area contributed by atoms with E-state index in [1.807, 2.05) is 78.6 Å². The molecule has 0 saturated carbocycles. The van der Waals surface area contributed by atoms with E-state index in [0.29, 0.717) is 24.4 Å². The van der Waals surface area contributed by atoms with Gasteiger partial charge < -0.3 is 14.4 Å². The SMILES string of the molecule is Cc1ccc(OC2CCN(C(=O)c3ccc(Oc4ccccc4)cc3)CC2)cn1. The van der Waals surface area contributed by atoms with Gasteiger partial charge in [0.15, 0.2) is 0 Å². The molecule has 1 aliphatic rings. The van der Waals surface area contributed by atoms with E-state index in [0.717, 1.165) is 30.0 Å². The van der Waals surface area contributed by atoms with Crippen LogP contribution in [0, 0.1) is 6.92 Å². The lowest BCUT2D eigenvalue weighted by Crippen LogP contribution is -2.41. The number of aromatic nitrogens is 1. The summed E-state index contributed by atoms with van der Waals surface area (Å²) in [5.41, 5.74) is 1.64. The predicted octanol–water partition coefficient (Wildman–Crippen LogP) is 4.87. The maximum absolute atomic E-state index is 12.8. The van der Waals surface area contributed by atoms with Crippen molar-refractivity contribution in [2.24, 2.45) is 0 Å². The molecule has 2 aromatic carbocycles. The Balaban J connectivity index is 1.30. The standard InChI is InChI=1S/C24H24N2O3/c1-18-7-10-23(17-25-18)29-22-13-15-26(16-14-22)24(27)19-8-11-21(12-9-19)28-20-5-3-2-4-6-20/h2-12,17,22H,13-16H2,1H3. The molecule has 148 valence electrons. The molecule has 1 fully saturated rings.